The standard InChI is InChI=1S/C45H70N12O13S/c1-2-3-10-34-56-41-42(30-8-4-5-9-31(30)55-43(41)47)57(34)16-7-6-13-49-35(58)11-14-51-45(66)33(25-40(63)64)71-29-32(44(48)65)54-36(59)12-17-67-19-21-69-23-24-70-22-20-68-18-15-50-38(61)27-53-39(62)28-52-37(60)26-46/h4-5,8-9,32-33H,2-3,6-7,10-29,46H2,1H3,(H2,47,55)(H2,48,65)(H,49,58)(H,50,61)(H,51,66)(H,52,60)(H,53,62)(H,54,59)(H,63,64). The number of rotatable bonds is 39. The summed E-state index contributed by atoms with van der Waals surface area (Å²) in [6, 6.07) is 6.62. The molecule has 3 aromatic rings. The number of nitrogens with two attached hydrogens (primary N) is 3. The van der Waals surface area contributed by atoms with Crippen LogP contribution in [0, 0.1) is 0 Å². The van der Waals surface area contributed by atoms with Crippen LogP contribution in [-0.4, -0.2) is 176 Å². The number of anilines is 1. The number of carbonyl (C=O) groups is 8. The zero-order valence-corrected chi connectivity index (χ0v) is 41.1. The van der Waals surface area contributed by atoms with E-state index in [9.17, 15) is 43.5 Å². The van der Waals surface area contributed by atoms with Crippen molar-refractivity contribution >= 4 is 86.8 Å². The van der Waals surface area contributed by atoms with Crippen LogP contribution in [-0.2, 0) is 70.3 Å². The summed E-state index contributed by atoms with van der Waals surface area (Å²) in [5.41, 5.74) is 19.4. The number of primary amides is 1. The second kappa shape index (κ2) is 34.2. The molecule has 0 radical (unpaired) electrons. The number of hydrogen-bond donors (Lipinski definition) is 10. The predicted octanol–water partition coefficient (Wildman–Crippen LogP) is -1.78. The summed E-state index contributed by atoms with van der Waals surface area (Å²) in [5.74, 6) is -3.86. The summed E-state index contributed by atoms with van der Waals surface area (Å²) in [5, 5.41) is 24.5. The normalized spacial score (nSPS) is 12.0. The van der Waals surface area contributed by atoms with E-state index in [1.807, 2.05) is 24.3 Å². The third kappa shape index (κ3) is 23.5. The van der Waals surface area contributed by atoms with E-state index < -0.39 is 59.1 Å². The lowest BCUT2D eigenvalue weighted by molar-refractivity contribution is -0.138. The fourth-order valence-corrected chi connectivity index (χ4v) is 7.77. The van der Waals surface area contributed by atoms with Gasteiger partial charge in [0.25, 0.3) is 0 Å². The molecular weight excluding hydrogens is 949 g/mol. The Morgan fingerprint density at radius 3 is 2.01 bits per heavy atom. The number of carbonyl (C=O) groups excluding carboxylic acids is 7. The van der Waals surface area contributed by atoms with Gasteiger partial charge in [0.05, 0.1) is 95.2 Å². The number of imidazole rings is 1. The Kier molecular flexibility index (Phi) is 28.5. The van der Waals surface area contributed by atoms with Gasteiger partial charge in [0.15, 0.2) is 5.82 Å². The van der Waals surface area contributed by atoms with Crippen LogP contribution in [0.5, 0.6) is 0 Å². The van der Waals surface area contributed by atoms with Crippen LogP contribution in [0.4, 0.5) is 5.82 Å². The third-order valence-corrected chi connectivity index (χ3v) is 11.6. The molecule has 0 saturated carbocycles. The molecule has 0 aliphatic rings. The number of benzene rings is 1. The van der Waals surface area contributed by atoms with Crippen LogP contribution in [0.15, 0.2) is 24.3 Å². The first-order chi connectivity index (χ1) is 34.2. The highest BCUT2D eigenvalue weighted by molar-refractivity contribution is 8.00. The van der Waals surface area contributed by atoms with Crippen molar-refractivity contribution in [1.82, 2.24) is 46.4 Å². The zero-order chi connectivity index (χ0) is 51.8. The first-order valence-electron chi connectivity index (χ1n) is 23.5. The number of nitrogens with one attached hydrogen (secondary N) is 6. The molecule has 2 aromatic heterocycles. The van der Waals surface area contributed by atoms with E-state index >= 15 is 0 Å². The van der Waals surface area contributed by atoms with E-state index in [0.29, 0.717) is 30.8 Å². The van der Waals surface area contributed by atoms with Gasteiger partial charge in [-0.05, 0) is 25.3 Å². The quantitative estimate of drug-likeness (QED) is 0.0283. The molecule has 2 heterocycles. The van der Waals surface area contributed by atoms with Crippen molar-refractivity contribution in [3.8, 4) is 0 Å². The summed E-state index contributed by atoms with van der Waals surface area (Å²) in [7, 11) is 0. The molecule has 394 valence electrons. The summed E-state index contributed by atoms with van der Waals surface area (Å²) >= 11 is 0.848. The summed E-state index contributed by atoms with van der Waals surface area (Å²) in [4.78, 5) is 106. The lowest BCUT2D eigenvalue weighted by Gasteiger charge is -2.19. The number of thioether (sulfide) groups is 1. The Hall–Kier alpha value is -6.19. The Morgan fingerprint density at radius 2 is 1.35 bits per heavy atom. The van der Waals surface area contributed by atoms with Crippen LogP contribution in [0.3, 0.4) is 0 Å². The second-order valence-electron chi connectivity index (χ2n) is 15.8. The third-order valence-electron chi connectivity index (χ3n) is 10.3. The van der Waals surface area contributed by atoms with Crippen molar-refractivity contribution in [2.75, 3.05) is 104 Å². The first-order valence-corrected chi connectivity index (χ1v) is 24.6. The fraction of sp³-hybridized carbons (Fsp3) is 0.600. The molecule has 71 heavy (non-hydrogen) atoms. The van der Waals surface area contributed by atoms with Crippen LogP contribution in [0.25, 0.3) is 21.9 Å². The molecule has 3 rings (SSSR count). The molecule has 2 atom stereocenters. The van der Waals surface area contributed by atoms with E-state index in [0.717, 1.165) is 59.7 Å². The van der Waals surface area contributed by atoms with E-state index in [2.05, 4.69) is 48.4 Å². The van der Waals surface area contributed by atoms with Gasteiger partial charge in [-0.25, -0.2) is 9.97 Å². The number of unbranched alkanes of at least 4 members (excludes halogenated alkanes) is 2. The van der Waals surface area contributed by atoms with Crippen molar-refractivity contribution in [2.24, 2.45) is 11.5 Å². The van der Waals surface area contributed by atoms with Gasteiger partial charge in [-0.2, -0.15) is 0 Å². The summed E-state index contributed by atoms with van der Waals surface area (Å²) in [6.45, 7) is 4.38. The summed E-state index contributed by atoms with van der Waals surface area (Å²) in [6.07, 6.45) is 3.52. The van der Waals surface area contributed by atoms with Gasteiger partial charge in [-0.3, -0.25) is 38.4 Å². The van der Waals surface area contributed by atoms with Crippen LogP contribution in [0.2, 0.25) is 0 Å². The minimum atomic E-state index is -1.25. The largest absolute Gasteiger partial charge is 0.481 e. The number of aliphatic carboxylic acids is 1. The molecule has 0 fully saturated rings. The van der Waals surface area contributed by atoms with Crippen molar-refractivity contribution in [1.29, 1.82) is 0 Å². The zero-order valence-electron chi connectivity index (χ0n) is 40.3. The number of ether oxygens (including phenoxy) is 4. The van der Waals surface area contributed by atoms with Gasteiger partial charge in [-0.15, -0.1) is 11.8 Å². The Balaban J connectivity index is 1.23. The highest BCUT2D eigenvalue weighted by Gasteiger charge is 2.26. The SMILES string of the molecule is CCCCc1nc2c(N)nc3ccccc3c2n1CCCCNC(=O)CCNC(=O)C(CC(=O)O)SCC(NC(=O)CCOCCOCCOCCOCCNC(=O)CNC(=O)CNC(=O)CN)C(N)=O. The molecule has 0 aliphatic carbocycles. The van der Waals surface area contributed by atoms with E-state index in [-0.39, 0.29) is 110 Å². The molecule has 0 saturated heterocycles. The molecule has 0 bridgehead atoms. The molecule has 26 heteroatoms. The van der Waals surface area contributed by atoms with Crippen LogP contribution >= 0.6 is 11.8 Å². The van der Waals surface area contributed by atoms with Gasteiger partial charge in [-0.1, -0.05) is 31.5 Å². The number of nitrogens with zero attached hydrogens (tertiary/aromatic N) is 3. The topological polar surface area (TPSA) is 375 Å². The lowest BCUT2D eigenvalue weighted by atomic mass is 10.2. The van der Waals surface area contributed by atoms with E-state index in [4.69, 9.17) is 41.1 Å². The average Bonchev–Trinajstić information content (AvgIpc) is 3.72. The van der Waals surface area contributed by atoms with Gasteiger partial charge in [0.2, 0.25) is 41.4 Å². The molecule has 7 amide bonds. The van der Waals surface area contributed by atoms with E-state index in [1.54, 1.807) is 0 Å². The van der Waals surface area contributed by atoms with Crippen LogP contribution in [0.1, 0.15) is 57.7 Å². The smallest absolute Gasteiger partial charge is 0.305 e. The Bertz CT molecular complexity index is 2200. The number of nitrogen functional groups attached to an aromatic ring is 1. The first kappa shape index (κ1) is 59.1. The van der Waals surface area contributed by atoms with Crippen molar-refractivity contribution in [3.63, 3.8) is 0 Å². The molecular formula is C45H70N12O13S. The minimum absolute atomic E-state index is 0.0117. The summed E-state index contributed by atoms with van der Waals surface area (Å²) < 4.78 is 23.8. The fourth-order valence-electron chi connectivity index (χ4n) is 6.60. The monoisotopic (exact) mass is 1020 g/mol. The number of amides is 7. The number of para-hydroxylation sites is 1. The van der Waals surface area contributed by atoms with Gasteiger partial charge >= 0.3 is 5.97 Å². The van der Waals surface area contributed by atoms with Gasteiger partial charge < -0.3 is 77.7 Å². The van der Waals surface area contributed by atoms with Gasteiger partial charge in [0, 0.05) is 56.6 Å². The molecule has 25 nitrogen and oxygen atoms in total. The maximum atomic E-state index is 13.0. The predicted molar refractivity (Wildman–Crippen MR) is 264 cm³/mol. The van der Waals surface area contributed by atoms with E-state index in [1.165, 1.54) is 0 Å². The molecule has 13 N–H and O–H groups in total. The van der Waals surface area contributed by atoms with Gasteiger partial charge in [0.1, 0.15) is 17.4 Å². The number of aryl methyl sites for hydroxylation is 2. The Labute approximate surface area is 415 Å². The number of fused-ring (bicyclic) bond motifs is 3. The number of aromatic nitrogens is 3. The average molecular weight is 1020 g/mol. The number of carboxylic acid groups (broad SMARTS) is 1. The van der Waals surface area contributed by atoms with Crippen molar-refractivity contribution in [3.05, 3.63) is 30.1 Å². The maximum absolute atomic E-state index is 13.0. The maximum Gasteiger partial charge on any atom is 0.305 e. The lowest BCUT2D eigenvalue weighted by Crippen LogP contribution is -2.47. The Morgan fingerprint density at radius 1 is 0.718 bits per heavy atom. The molecule has 1 aromatic carbocycles. The molecule has 0 aliphatic heterocycles. The highest BCUT2D eigenvalue weighted by Crippen LogP contribution is 2.29. The number of hydrogen-bond acceptors (Lipinski definition) is 17. The number of pyridine rings is 1. The highest BCUT2D eigenvalue weighted by atomic mass is 32.2. The molecule has 0 spiro atoms. The van der Waals surface area contributed by atoms with Crippen molar-refractivity contribution in [2.45, 2.75) is 76.1 Å². The minimum Gasteiger partial charge on any atom is -0.481 e. The van der Waals surface area contributed by atoms with Crippen molar-refractivity contribution < 1.29 is 62.4 Å². The second-order valence-corrected chi connectivity index (χ2v) is 17.1. The van der Waals surface area contributed by atoms with Crippen LogP contribution < -0.4 is 49.1 Å². The molecule has 2 unspecified atom stereocenters. The number of carboxylic acids is 1.